The summed E-state index contributed by atoms with van der Waals surface area (Å²) in [6.45, 7) is 11.6. The Labute approximate surface area is 166 Å². The topological polar surface area (TPSA) is 64.1 Å². The van der Waals surface area contributed by atoms with Crippen molar-refractivity contribution in [2.75, 3.05) is 51.2 Å². The maximum absolute atomic E-state index is 10.6. The molecule has 1 unspecified atom stereocenters. The zero-order valence-corrected chi connectivity index (χ0v) is 17.3. The lowest BCUT2D eigenvalue weighted by Crippen LogP contribution is -2.34. The second-order valence-corrected chi connectivity index (χ2v) is 7.68. The first kappa shape index (κ1) is 21.4. The maximum atomic E-state index is 10.6. The van der Waals surface area contributed by atoms with Crippen LogP contribution >= 0.6 is 11.3 Å². The molecule has 1 N–H and O–H groups in total. The molecule has 0 saturated carbocycles. The first-order valence-corrected chi connectivity index (χ1v) is 10.4. The summed E-state index contributed by atoms with van der Waals surface area (Å²) in [5, 5.41) is 3.74. The van der Waals surface area contributed by atoms with E-state index in [1.165, 1.54) is 25.9 Å². The fraction of sp³-hybridized carbons (Fsp3) is 0.632. The second-order valence-electron chi connectivity index (χ2n) is 6.64. The molecule has 1 aliphatic heterocycles. The number of aliphatic imine (C=N–C) groups is 1. The van der Waals surface area contributed by atoms with Gasteiger partial charge in [0.1, 0.15) is 0 Å². The number of carbonyl (C=O) groups is 1. The molecule has 8 heteroatoms. The van der Waals surface area contributed by atoms with E-state index in [9.17, 15) is 4.79 Å². The van der Waals surface area contributed by atoms with Gasteiger partial charge < -0.3 is 20.0 Å². The summed E-state index contributed by atoms with van der Waals surface area (Å²) in [6, 6.07) is 0. The highest BCUT2D eigenvalue weighted by molar-refractivity contribution is 7.15. The van der Waals surface area contributed by atoms with E-state index in [1.54, 1.807) is 17.5 Å². The van der Waals surface area contributed by atoms with Crippen LogP contribution in [-0.4, -0.2) is 73.7 Å². The quantitative estimate of drug-likeness (QED) is 0.317. The van der Waals surface area contributed by atoms with E-state index in [-0.39, 0.29) is 6.17 Å². The molecule has 1 amide bonds. The van der Waals surface area contributed by atoms with Crippen LogP contribution in [0, 0.1) is 0 Å². The predicted molar refractivity (Wildman–Crippen MR) is 114 cm³/mol. The van der Waals surface area contributed by atoms with Gasteiger partial charge in [0, 0.05) is 32.9 Å². The van der Waals surface area contributed by atoms with Crippen LogP contribution in [0.2, 0.25) is 0 Å². The Morgan fingerprint density at radius 1 is 1.44 bits per heavy atom. The molecule has 1 aromatic rings. The molecular formula is C19H32N6OS. The summed E-state index contributed by atoms with van der Waals surface area (Å²) in [5.41, 5.74) is 0. The van der Waals surface area contributed by atoms with Gasteiger partial charge in [-0.3, -0.25) is 9.79 Å². The molecule has 0 spiro atoms. The summed E-state index contributed by atoms with van der Waals surface area (Å²) < 4.78 is 0. The van der Waals surface area contributed by atoms with Gasteiger partial charge in [0.15, 0.2) is 11.3 Å². The third kappa shape index (κ3) is 6.62. The van der Waals surface area contributed by atoms with Gasteiger partial charge in [0.05, 0.1) is 4.88 Å². The van der Waals surface area contributed by atoms with E-state index in [1.807, 2.05) is 31.3 Å². The van der Waals surface area contributed by atoms with Gasteiger partial charge in [-0.05, 0) is 58.2 Å². The molecule has 2 heterocycles. The molecule has 0 radical (unpaired) electrons. The van der Waals surface area contributed by atoms with Crippen molar-refractivity contribution < 1.29 is 4.79 Å². The van der Waals surface area contributed by atoms with Crippen LogP contribution < -0.4 is 10.2 Å². The van der Waals surface area contributed by atoms with Crippen LogP contribution in [-0.2, 0) is 4.79 Å². The number of hydrogen-bond donors (Lipinski definition) is 1. The number of thiazole rings is 1. The highest BCUT2D eigenvalue weighted by Gasteiger charge is 2.19. The number of likely N-dealkylation sites (tertiary alicyclic amines) is 1. The van der Waals surface area contributed by atoms with E-state index in [0.29, 0.717) is 6.54 Å². The van der Waals surface area contributed by atoms with E-state index >= 15 is 0 Å². The Bertz CT molecular complexity index is 599. The Morgan fingerprint density at radius 2 is 2.22 bits per heavy atom. The molecule has 1 fully saturated rings. The minimum Gasteiger partial charge on any atom is -0.357 e. The van der Waals surface area contributed by atoms with Crippen LogP contribution in [0.1, 0.15) is 37.2 Å². The number of amides is 1. The third-order valence-corrected chi connectivity index (χ3v) is 5.81. The van der Waals surface area contributed by atoms with Crippen molar-refractivity contribution in [1.82, 2.24) is 20.1 Å². The van der Waals surface area contributed by atoms with Crippen molar-refractivity contribution in [3.8, 4) is 0 Å². The highest BCUT2D eigenvalue weighted by Crippen LogP contribution is 2.31. The molecule has 0 aromatic carbocycles. The fourth-order valence-corrected chi connectivity index (χ4v) is 4.28. The number of nitrogens with one attached hydrogen (secondary N) is 1. The van der Waals surface area contributed by atoms with E-state index in [0.717, 1.165) is 42.5 Å². The summed E-state index contributed by atoms with van der Waals surface area (Å²) >= 11 is 1.66. The fourth-order valence-electron chi connectivity index (χ4n) is 3.22. The van der Waals surface area contributed by atoms with E-state index in [4.69, 9.17) is 0 Å². The minimum atomic E-state index is -0.0988. The van der Waals surface area contributed by atoms with Gasteiger partial charge in [-0.2, -0.15) is 0 Å². The van der Waals surface area contributed by atoms with Crippen molar-refractivity contribution in [3.63, 3.8) is 0 Å². The van der Waals surface area contributed by atoms with Gasteiger partial charge in [0.2, 0.25) is 6.41 Å². The summed E-state index contributed by atoms with van der Waals surface area (Å²) in [7, 11) is 1.96. The van der Waals surface area contributed by atoms with Gasteiger partial charge in [-0.1, -0.05) is 17.9 Å². The lowest BCUT2D eigenvalue weighted by molar-refractivity contribution is -0.109. The zero-order chi connectivity index (χ0) is 19.5. The smallest absolute Gasteiger partial charge is 0.207 e. The van der Waals surface area contributed by atoms with Crippen LogP contribution in [0.25, 0.3) is 0 Å². The highest BCUT2D eigenvalue weighted by atomic mass is 32.1. The Balaban J connectivity index is 2.03. The number of anilines is 1. The van der Waals surface area contributed by atoms with Crippen LogP contribution in [0.4, 0.5) is 5.13 Å². The molecule has 150 valence electrons. The van der Waals surface area contributed by atoms with Gasteiger partial charge in [0.25, 0.3) is 0 Å². The number of hydrogen-bond acceptors (Lipinski definition) is 7. The maximum Gasteiger partial charge on any atom is 0.207 e. The standard InChI is InChI=1S/C19H32N6OS/c1-4-21-18(23(3)5-2)17-15-22-19(27-17)25(14-9-20-16-26)13-8-12-24-10-6-7-11-24/h4-5,15-16,18H,2,6-14H2,1,3H3,(H,20,26)/b21-4-. The average Bonchev–Trinajstić information content (AvgIpc) is 3.36. The van der Waals surface area contributed by atoms with Crippen molar-refractivity contribution in [1.29, 1.82) is 0 Å². The second kappa shape index (κ2) is 11.7. The molecule has 1 aromatic heterocycles. The summed E-state index contributed by atoms with van der Waals surface area (Å²) in [4.78, 5) is 27.6. The number of carbonyl (C=O) groups excluding carboxylic acids is 1. The lowest BCUT2D eigenvalue weighted by atomic mass is 10.3. The lowest BCUT2D eigenvalue weighted by Gasteiger charge is -2.24. The summed E-state index contributed by atoms with van der Waals surface area (Å²) in [6.07, 6.45) is 9.87. The van der Waals surface area contributed by atoms with E-state index in [2.05, 4.69) is 31.7 Å². The predicted octanol–water partition coefficient (Wildman–Crippen LogP) is 2.35. The number of rotatable bonds is 13. The zero-order valence-electron chi connectivity index (χ0n) is 16.5. The molecule has 0 aliphatic carbocycles. The Kier molecular flexibility index (Phi) is 9.27. The van der Waals surface area contributed by atoms with Gasteiger partial charge in [-0.25, -0.2) is 4.98 Å². The molecule has 27 heavy (non-hydrogen) atoms. The Hall–Kier alpha value is -1.93. The molecular weight excluding hydrogens is 360 g/mol. The molecule has 7 nitrogen and oxygen atoms in total. The molecule has 0 bridgehead atoms. The summed E-state index contributed by atoms with van der Waals surface area (Å²) in [5.74, 6) is 0. The Morgan fingerprint density at radius 3 is 2.89 bits per heavy atom. The molecule has 1 saturated heterocycles. The molecule has 2 rings (SSSR count). The van der Waals surface area contributed by atoms with Crippen molar-refractivity contribution >= 4 is 29.1 Å². The van der Waals surface area contributed by atoms with Crippen LogP contribution in [0.15, 0.2) is 24.0 Å². The number of nitrogens with zero attached hydrogens (tertiary/aromatic N) is 5. The van der Waals surface area contributed by atoms with Crippen LogP contribution in [0.3, 0.4) is 0 Å². The molecule has 1 aliphatic rings. The normalized spacial score (nSPS) is 15.8. The minimum absolute atomic E-state index is 0.0988. The van der Waals surface area contributed by atoms with Gasteiger partial charge in [-0.15, -0.1) is 0 Å². The first-order chi connectivity index (χ1) is 13.2. The van der Waals surface area contributed by atoms with E-state index < -0.39 is 0 Å². The third-order valence-electron chi connectivity index (χ3n) is 4.71. The largest absolute Gasteiger partial charge is 0.357 e. The molecule has 1 atom stereocenters. The van der Waals surface area contributed by atoms with Crippen molar-refractivity contribution in [3.05, 3.63) is 23.9 Å². The van der Waals surface area contributed by atoms with Crippen molar-refractivity contribution in [2.45, 2.75) is 32.4 Å². The average molecular weight is 393 g/mol. The van der Waals surface area contributed by atoms with Crippen LogP contribution in [0.5, 0.6) is 0 Å². The van der Waals surface area contributed by atoms with Gasteiger partial charge >= 0.3 is 0 Å². The first-order valence-electron chi connectivity index (χ1n) is 9.62. The monoisotopic (exact) mass is 392 g/mol. The number of aromatic nitrogens is 1. The van der Waals surface area contributed by atoms with Crippen molar-refractivity contribution in [2.24, 2.45) is 4.99 Å². The SMILES string of the molecule is C=CN(C)C(/N=C\C)c1cnc(N(CCCN2CCCC2)CCNC=O)s1.